The maximum Gasteiger partial charge on any atom is 0.244 e. The van der Waals surface area contributed by atoms with E-state index in [1.54, 1.807) is 12.4 Å². The quantitative estimate of drug-likeness (QED) is 0.342. The summed E-state index contributed by atoms with van der Waals surface area (Å²) in [6, 6.07) is 28.0. The van der Waals surface area contributed by atoms with E-state index in [1.807, 2.05) is 84.9 Å². The zero-order valence-electron chi connectivity index (χ0n) is 15.5. The number of hydrazone groups is 1. The van der Waals surface area contributed by atoms with Crippen molar-refractivity contribution in [3.05, 3.63) is 96.7 Å². The molecule has 0 unspecified atom stereocenters. The van der Waals surface area contributed by atoms with Crippen LogP contribution >= 0.6 is 0 Å². The van der Waals surface area contributed by atoms with Crippen LogP contribution in [-0.4, -0.2) is 21.2 Å². The molecule has 5 aromatic rings. The maximum absolute atomic E-state index is 4.71. The van der Waals surface area contributed by atoms with E-state index in [1.165, 1.54) is 0 Å². The number of benzene rings is 3. The van der Waals surface area contributed by atoms with Crippen molar-refractivity contribution in [2.75, 3.05) is 5.43 Å². The van der Waals surface area contributed by atoms with Crippen LogP contribution in [0.2, 0.25) is 0 Å². The highest BCUT2D eigenvalue weighted by atomic mass is 15.3. The van der Waals surface area contributed by atoms with Gasteiger partial charge in [-0.25, -0.2) is 15.4 Å². The van der Waals surface area contributed by atoms with Gasteiger partial charge in [0.05, 0.1) is 22.9 Å². The van der Waals surface area contributed by atoms with Gasteiger partial charge in [0, 0.05) is 28.1 Å². The fourth-order valence-electron chi connectivity index (χ4n) is 3.33. The summed E-state index contributed by atoms with van der Waals surface area (Å²) in [5.41, 5.74) is 7.60. The van der Waals surface area contributed by atoms with Crippen LogP contribution in [0.1, 0.15) is 5.56 Å². The molecule has 0 aliphatic carbocycles. The zero-order valence-corrected chi connectivity index (χ0v) is 15.5. The Hall–Kier alpha value is -4.12. The summed E-state index contributed by atoms with van der Waals surface area (Å²) in [5, 5.41) is 6.44. The van der Waals surface area contributed by atoms with Gasteiger partial charge < -0.3 is 0 Å². The Kier molecular flexibility index (Phi) is 4.39. The van der Waals surface area contributed by atoms with Gasteiger partial charge >= 0.3 is 0 Å². The minimum atomic E-state index is 0.451. The SMILES string of the molecule is C(=N\Nc1nc(-c2ccccc2)c2ccccc2n1)/c1cccc2cccnc12. The normalized spacial score (nSPS) is 11.3. The lowest BCUT2D eigenvalue weighted by molar-refractivity contribution is 1.16. The van der Waals surface area contributed by atoms with Gasteiger partial charge in [-0.15, -0.1) is 0 Å². The highest BCUT2D eigenvalue weighted by Crippen LogP contribution is 2.27. The molecule has 0 bridgehead atoms. The molecule has 5 rings (SSSR count). The number of hydrogen-bond donors (Lipinski definition) is 1. The lowest BCUT2D eigenvalue weighted by Crippen LogP contribution is -2.00. The van der Waals surface area contributed by atoms with E-state index >= 15 is 0 Å². The van der Waals surface area contributed by atoms with Gasteiger partial charge in [0.1, 0.15) is 0 Å². The largest absolute Gasteiger partial charge is 0.256 e. The molecule has 0 saturated carbocycles. The summed E-state index contributed by atoms with van der Waals surface area (Å²) in [6.45, 7) is 0. The van der Waals surface area contributed by atoms with Crippen molar-refractivity contribution in [3.8, 4) is 11.3 Å². The fraction of sp³-hybridized carbons (Fsp3) is 0. The number of fused-ring (bicyclic) bond motifs is 2. The lowest BCUT2D eigenvalue weighted by Gasteiger charge is -2.08. The number of aromatic nitrogens is 3. The van der Waals surface area contributed by atoms with Crippen molar-refractivity contribution in [3.63, 3.8) is 0 Å². The molecular formula is C24H17N5. The van der Waals surface area contributed by atoms with Crippen molar-refractivity contribution < 1.29 is 0 Å². The zero-order chi connectivity index (χ0) is 19.5. The van der Waals surface area contributed by atoms with E-state index < -0.39 is 0 Å². The third-order valence-corrected chi connectivity index (χ3v) is 4.68. The molecule has 0 atom stereocenters. The molecule has 0 aliphatic rings. The average Bonchev–Trinajstić information content (AvgIpc) is 2.79. The summed E-state index contributed by atoms with van der Waals surface area (Å²) in [7, 11) is 0. The van der Waals surface area contributed by atoms with Crippen molar-refractivity contribution >= 4 is 34.0 Å². The maximum atomic E-state index is 4.71. The Bertz CT molecular complexity index is 1320. The summed E-state index contributed by atoms with van der Waals surface area (Å²) in [6.07, 6.45) is 3.53. The van der Waals surface area contributed by atoms with Crippen molar-refractivity contribution in [2.45, 2.75) is 0 Å². The second-order valence-corrected chi connectivity index (χ2v) is 6.57. The fourth-order valence-corrected chi connectivity index (χ4v) is 3.33. The van der Waals surface area contributed by atoms with Crippen molar-refractivity contribution in [1.82, 2.24) is 15.0 Å². The third kappa shape index (κ3) is 3.41. The molecule has 0 saturated heterocycles. The Labute approximate surface area is 167 Å². The molecule has 0 spiro atoms. The first kappa shape index (κ1) is 17.0. The van der Waals surface area contributed by atoms with Crippen LogP contribution in [0.3, 0.4) is 0 Å². The highest BCUT2D eigenvalue weighted by molar-refractivity contribution is 5.97. The molecule has 0 aliphatic heterocycles. The summed E-state index contributed by atoms with van der Waals surface area (Å²) in [5.74, 6) is 0.451. The molecule has 2 heterocycles. The molecule has 5 nitrogen and oxygen atoms in total. The molecule has 0 amide bonds. The first-order chi connectivity index (χ1) is 14.4. The van der Waals surface area contributed by atoms with Gasteiger partial charge in [-0.3, -0.25) is 4.98 Å². The standard InChI is InChI=1S/C24H17N5/c1-2-8-18(9-3-1)23-20-13-4-5-14-21(20)27-24(28-23)29-26-16-19-11-6-10-17-12-7-15-25-22(17)19/h1-16H,(H,27,28,29)/b26-16+. The Morgan fingerprint density at radius 2 is 1.59 bits per heavy atom. The summed E-state index contributed by atoms with van der Waals surface area (Å²) < 4.78 is 0. The minimum Gasteiger partial charge on any atom is -0.256 e. The van der Waals surface area contributed by atoms with Gasteiger partial charge in [-0.1, -0.05) is 72.8 Å². The predicted octanol–water partition coefficient (Wildman–Crippen LogP) is 5.29. The number of pyridine rings is 1. The molecular weight excluding hydrogens is 358 g/mol. The number of nitrogens with zero attached hydrogens (tertiary/aromatic N) is 4. The van der Waals surface area contributed by atoms with E-state index in [0.29, 0.717) is 5.95 Å². The second kappa shape index (κ2) is 7.48. The molecule has 0 radical (unpaired) electrons. The molecule has 2 aromatic heterocycles. The third-order valence-electron chi connectivity index (χ3n) is 4.68. The van der Waals surface area contributed by atoms with E-state index in [-0.39, 0.29) is 0 Å². The smallest absolute Gasteiger partial charge is 0.244 e. The average molecular weight is 375 g/mol. The number of nitrogens with one attached hydrogen (secondary N) is 1. The van der Waals surface area contributed by atoms with Gasteiger partial charge in [-0.05, 0) is 12.1 Å². The first-order valence-electron chi connectivity index (χ1n) is 9.33. The Morgan fingerprint density at radius 1 is 0.759 bits per heavy atom. The van der Waals surface area contributed by atoms with Crippen LogP contribution in [-0.2, 0) is 0 Å². The molecule has 138 valence electrons. The van der Waals surface area contributed by atoms with Gasteiger partial charge in [0.15, 0.2) is 0 Å². The number of anilines is 1. The number of hydrogen-bond acceptors (Lipinski definition) is 5. The summed E-state index contributed by atoms with van der Waals surface area (Å²) in [4.78, 5) is 13.8. The van der Waals surface area contributed by atoms with Gasteiger partial charge in [0.25, 0.3) is 0 Å². The first-order valence-corrected chi connectivity index (χ1v) is 9.33. The van der Waals surface area contributed by atoms with Crippen LogP contribution in [0.4, 0.5) is 5.95 Å². The highest BCUT2D eigenvalue weighted by Gasteiger charge is 2.09. The van der Waals surface area contributed by atoms with Crippen molar-refractivity contribution in [2.24, 2.45) is 5.10 Å². The van der Waals surface area contributed by atoms with Crippen LogP contribution in [0, 0.1) is 0 Å². The molecule has 5 heteroatoms. The van der Waals surface area contributed by atoms with Crippen LogP contribution in [0.15, 0.2) is 96.2 Å². The second-order valence-electron chi connectivity index (χ2n) is 6.57. The van der Waals surface area contributed by atoms with E-state index in [0.717, 1.165) is 38.6 Å². The van der Waals surface area contributed by atoms with E-state index in [9.17, 15) is 0 Å². The van der Waals surface area contributed by atoms with E-state index in [2.05, 4.69) is 20.5 Å². The van der Waals surface area contributed by atoms with E-state index in [4.69, 9.17) is 4.98 Å². The van der Waals surface area contributed by atoms with Crippen molar-refractivity contribution in [1.29, 1.82) is 0 Å². The molecule has 3 aromatic carbocycles. The van der Waals surface area contributed by atoms with Crippen LogP contribution in [0.5, 0.6) is 0 Å². The summed E-state index contributed by atoms with van der Waals surface area (Å²) >= 11 is 0. The minimum absolute atomic E-state index is 0.451. The Morgan fingerprint density at radius 3 is 2.52 bits per heavy atom. The Balaban J connectivity index is 1.52. The number of para-hydroxylation sites is 2. The molecule has 0 fully saturated rings. The predicted molar refractivity (Wildman–Crippen MR) is 118 cm³/mol. The number of rotatable bonds is 4. The lowest BCUT2D eigenvalue weighted by atomic mass is 10.1. The van der Waals surface area contributed by atoms with Crippen LogP contribution in [0.25, 0.3) is 33.1 Å². The van der Waals surface area contributed by atoms with Gasteiger partial charge in [0.2, 0.25) is 5.95 Å². The van der Waals surface area contributed by atoms with Gasteiger partial charge in [-0.2, -0.15) is 5.10 Å². The molecule has 29 heavy (non-hydrogen) atoms. The van der Waals surface area contributed by atoms with Crippen LogP contribution < -0.4 is 5.43 Å². The molecule has 1 N–H and O–H groups in total. The topological polar surface area (TPSA) is 63.1 Å². The monoisotopic (exact) mass is 375 g/mol.